The number of hydrogen-bond acceptors (Lipinski definition) is 10. The molecule has 4 aromatic carbocycles. The number of carbonyl (C=O) groups excluding carboxylic acids is 1. The summed E-state index contributed by atoms with van der Waals surface area (Å²) in [6, 6.07) is 27.3. The smallest absolute Gasteiger partial charge is 0.344 e. The van der Waals surface area contributed by atoms with E-state index in [2.05, 4.69) is 60.3 Å². The van der Waals surface area contributed by atoms with Crippen LogP contribution in [0.3, 0.4) is 0 Å². The molecule has 0 N–H and O–H groups in total. The number of aryl methyl sites for hydroxylation is 4. The van der Waals surface area contributed by atoms with Crippen LogP contribution in [0.15, 0.2) is 116 Å². The fraction of sp³-hybridized carbons (Fsp3) is 0.450. The first-order valence-electron chi connectivity index (χ1n) is 24.4. The average molecular weight is 971 g/mol. The molecule has 374 valence electrons. The zero-order chi connectivity index (χ0) is 51.8. The Morgan fingerprint density at radius 1 is 0.586 bits per heavy atom. The zero-order valence-corrected chi connectivity index (χ0v) is 45.0. The van der Waals surface area contributed by atoms with Crippen LogP contribution in [0.2, 0.25) is 0 Å². The largest absolute Gasteiger partial charge is 0.488 e. The number of rotatable bonds is 20. The molecule has 1 unspecified atom stereocenters. The summed E-state index contributed by atoms with van der Waals surface area (Å²) in [6.07, 6.45) is 3.58. The van der Waals surface area contributed by atoms with E-state index in [1.807, 2.05) is 123 Å². The lowest BCUT2D eigenvalue weighted by Crippen LogP contribution is -2.53. The number of esters is 1. The topological polar surface area (TPSA) is 114 Å². The predicted molar refractivity (Wildman–Crippen MR) is 288 cm³/mol. The summed E-state index contributed by atoms with van der Waals surface area (Å²) in [5.74, 6) is 0.598. The van der Waals surface area contributed by atoms with Gasteiger partial charge in [-0.25, -0.2) is 14.4 Å². The third-order valence-corrected chi connectivity index (χ3v) is 13.2. The number of benzene rings is 4. The van der Waals surface area contributed by atoms with Gasteiger partial charge in [0.2, 0.25) is 0 Å². The van der Waals surface area contributed by atoms with Gasteiger partial charge in [0.15, 0.2) is 0 Å². The minimum Gasteiger partial charge on any atom is -0.488 e. The van der Waals surface area contributed by atoms with E-state index in [0.717, 1.165) is 63.1 Å². The number of hydrogen-bond donors (Lipinski definition) is 1. The molecule has 2 heterocycles. The van der Waals surface area contributed by atoms with Crippen molar-refractivity contribution < 1.29 is 32.6 Å². The fourth-order valence-corrected chi connectivity index (χ4v) is 11.6. The maximum absolute atomic E-state index is 13.5. The van der Waals surface area contributed by atoms with Crippen molar-refractivity contribution in [3.05, 3.63) is 141 Å². The Morgan fingerprint density at radius 2 is 1.00 bits per heavy atom. The van der Waals surface area contributed by atoms with Gasteiger partial charge < -0.3 is 27.8 Å². The number of fused-ring (bicyclic) bond motifs is 2. The van der Waals surface area contributed by atoms with Crippen LogP contribution in [-0.2, 0) is 27.1 Å². The molecule has 0 bridgehead atoms. The van der Waals surface area contributed by atoms with Gasteiger partial charge in [-0.3, -0.25) is 0 Å². The Morgan fingerprint density at radius 3 is 1.39 bits per heavy atom. The standard InChI is InChI=1S/C60H74O9S/c1-17-39-28-37(4)20-26-45(39)47-30-41-22-24-43(32-49(41)64-52(47)62)66-57(10,11)34-55(6,7)54(69-60(16,70)36-59(14,15)68-51(61)19-3)56(8,9)35-58(12,13)67-44-25-23-42-31-48(53(63)65-50(42)33-44)46-27-21-38(5)29-40(46)18-2/h19-33,54,70H,3,17-18,34-36H2,1-2,4-16H3. The maximum Gasteiger partial charge on any atom is 0.344 e. The van der Waals surface area contributed by atoms with Crippen molar-refractivity contribution in [1.82, 2.24) is 0 Å². The number of carbonyl (C=O) groups is 1. The summed E-state index contributed by atoms with van der Waals surface area (Å²) in [7, 11) is 0. The molecule has 0 aliphatic heterocycles. The molecule has 6 rings (SSSR count). The number of thiol groups is 1. The van der Waals surface area contributed by atoms with E-state index in [1.54, 1.807) is 12.1 Å². The van der Waals surface area contributed by atoms with Crippen molar-refractivity contribution >= 4 is 40.5 Å². The molecule has 70 heavy (non-hydrogen) atoms. The van der Waals surface area contributed by atoms with E-state index in [4.69, 9.17) is 40.4 Å². The Balaban J connectivity index is 1.28. The van der Waals surface area contributed by atoms with E-state index in [9.17, 15) is 14.4 Å². The van der Waals surface area contributed by atoms with Crippen LogP contribution in [0.4, 0.5) is 0 Å². The third-order valence-electron chi connectivity index (χ3n) is 12.9. The van der Waals surface area contributed by atoms with E-state index >= 15 is 0 Å². The minimum atomic E-state index is -1.07. The monoisotopic (exact) mass is 971 g/mol. The summed E-state index contributed by atoms with van der Waals surface area (Å²) < 4.78 is 38.5. The average Bonchev–Trinajstić information content (AvgIpc) is 3.23. The van der Waals surface area contributed by atoms with Crippen LogP contribution in [0.25, 0.3) is 44.2 Å². The molecule has 0 aliphatic carbocycles. The van der Waals surface area contributed by atoms with E-state index in [1.165, 1.54) is 0 Å². The van der Waals surface area contributed by atoms with Crippen LogP contribution in [0.5, 0.6) is 11.5 Å². The first-order valence-corrected chi connectivity index (χ1v) is 24.9. The molecule has 1 atom stereocenters. The highest BCUT2D eigenvalue weighted by Crippen LogP contribution is 2.50. The summed E-state index contributed by atoms with van der Waals surface area (Å²) in [6.45, 7) is 34.2. The molecular weight excluding hydrogens is 897 g/mol. The highest BCUT2D eigenvalue weighted by molar-refractivity contribution is 7.81. The van der Waals surface area contributed by atoms with Gasteiger partial charge in [0.05, 0.1) is 17.2 Å². The molecule has 10 heteroatoms. The Labute approximate surface area is 420 Å². The lowest BCUT2D eigenvalue weighted by Gasteiger charge is -2.51. The fourth-order valence-electron chi connectivity index (χ4n) is 11.1. The van der Waals surface area contributed by atoms with Gasteiger partial charge >= 0.3 is 17.2 Å². The van der Waals surface area contributed by atoms with Crippen LogP contribution in [0.1, 0.15) is 132 Å². The SMILES string of the molecule is C=CC(=O)OC(C)(C)CC(C)(S)OC(C(C)(C)CC(C)(C)Oc1ccc2cc(-c3ccc(C)cc3CC)c(=O)oc2c1)C(C)(C)CC(C)(C)Oc1ccc2cc(-c3ccc(C)cc3CC)c(=O)oc2c1. The zero-order valence-electron chi connectivity index (χ0n) is 44.1. The summed E-state index contributed by atoms with van der Waals surface area (Å²) in [5, 5.41) is 1.59. The van der Waals surface area contributed by atoms with Gasteiger partial charge in [0.1, 0.15) is 44.4 Å². The molecule has 0 spiro atoms. The molecule has 0 saturated carbocycles. The molecule has 9 nitrogen and oxygen atoms in total. The van der Waals surface area contributed by atoms with E-state index in [0.29, 0.717) is 46.6 Å². The Kier molecular flexibility index (Phi) is 15.6. The third kappa shape index (κ3) is 13.0. The van der Waals surface area contributed by atoms with Crippen LogP contribution < -0.4 is 20.7 Å². The van der Waals surface area contributed by atoms with Gasteiger partial charge in [-0.05, 0) is 157 Å². The summed E-state index contributed by atoms with van der Waals surface area (Å²) in [4.78, 5) is 38.3. The van der Waals surface area contributed by atoms with E-state index in [-0.39, 0.29) is 6.42 Å². The maximum atomic E-state index is 13.5. The summed E-state index contributed by atoms with van der Waals surface area (Å²) >= 11 is 5.12. The normalized spacial score (nSPS) is 13.7. The second-order valence-corrected chi connectivity index (χ2v) is 23.6. The van der Waals surface area contributed by atoms with Crippen LogP contribution >= 0.6 is 12.6 Å². The van der Waals surface area contributed by atoms with Crippen LogP contribution in [-0.4, -0.2) is 33.8 Å². The molecule has 0 saturated heterocycles. The minimum absolute atomic E-state index is 0.270. The Hall–Kier alpha value is -5.58. The van der Waals surface area contributed by atoms with Crippen molar-refractivity contribution in [3.63, 3.8) is 0 Å². The highest BCUT2D eigenvalue weighted by atomic mass is 32.1. The quantitative estimate of drug-likeness (QED) is 0.0263. The van der Waals surface area contributed by atoms with Gasteiger partial charge in [-0.2, -0.15) is 0 Å². The number of ether oxygens (including phenoxy) is 4. The first kappa shape index (κ1) is 53.8. The molecule has 6 aromatic rings. The van der Waals surface area contributed by atoms with Crippen molar-refractivity contribution in [2.45, 2.75) is 164 Å². The molecule has 0 radical (unpaired) electrons. The summed E-state index contributed by atoms with van der Waals surface area (Å²) in [5.41, 5.74) is 3.75. The second kappa shape index (κ2) is 20.3. The second-order valence-electron chi connectivity index (χ2n) is 22.6. The van der Waals surface area contributed by atoms with Crippen molar-refractivity contribution in [2.24, 2.45) is 10.8 Å². The molecular formula is C60H74O9S. The molecule has 0 amide bonds. The van der Waals surface area contributed by atoms with Gasteiger partial charge in [0.25, 0.3) is 0 Å². The molecule has 0 aliphatic rings. The van der Waals surface area contributed by atoms with Crippen molar-refractivity contribution in [2.75, 3.05) is 0 Å². The predicted octanol–water partition coefficient (Wildman–Crippen LogP) is 14.8. The van der Waals surface area contributed by atoms with Gasteiger partial charge in [0, 0.05) is 35.4 Å². The van der Waals surface area contributed by atoms with Crippen molar-refractivity contribution in [1.29, 1.82) is 0 Å². The van der Waals surface area contributed by atoms with E-state index < -0.39 is 55.9 Å². The lowest BCUT2D eigenvalue weighted by molar-refractivity contribution is -0.180. The molecule has 0 fully saturated rings. The van der Waals surface area contributed by atoms with Gasteiger partial charge in [-0.15, -0.1) is 12.6 Å². The van der Waals surface area contributed by atoms with Crippen molar-refractivity contribution in [3.8, 4) is 33.8 Å². The van der Waals surface area contributed by atoms with Gasteiger partial charge in [-0.1, -0.05) is 95.6 Å². The first-order chi connectivity index (χ1) is 32.4. The lowest BCUT2D eigenvalue weighted by atomic mass is 9.64. The highest BCUT2D eigenvalue weighted by Gasteiger charge is 2.50. The van der Waals surface area contributed by atoms with Crippen LogP contribution in [0, 0.1) is 24.7 Å². The Bertz CT molecular complexity index is 2840. The molecule has 2 aromatic heterocycles.